The van der Waals surface area contributed by atoms with Crippen LogP contribution in [-0.2, 0) is 21.1 Å². The van der Waals surface area contributed by atoms with E-state index in [1.54, 1.807) is 42.9 Å². The normalized spacial score (nSPS) is 11.1. The summed E-state index contributed by atoms with van der Waals surface area (Å²) in [6.45, 7) is 0. The van der Waals surface area contributed by atoms with Crippen molar-refractivity contribution >= 4 is 62.7 Å². The molecule has 1 aromatic carbocycles. The number of halogens is 1. The van der Waals surface area contributed by atoms with Gasteiger partial charge in [-0.1, -0.05) is 22.9 Å². The standard InChI is InChI=1S/C17H15ClN8O3S2/c1-24-10-11(25(2)17(29)26(3)12(10)27)20-15(24)31-16-23-22-14(30-16)21-13(28)19-9-6-4-8(18)5-7-9/h4-7H,1-3H3,(H2,19,21,22,28). The molecule has 4 rings (SSSR count). The van der Waals surface area contributed by atoms with Crippen molar-refractivity contribution in [3.63, 3.8) is 0 Å². The van der Waals surface area contributed by atoms with Gasteiger partial charge in [-0.05, 0) is 36.0 Å². The predicted octanol–water partition coefficient (Wildman–Crippen LogP) is 2.27. The zero-order valence-corrected chi connectivity index (χ0v) is 18.8. The van der Waals surface area contributed by atoms with Crippen LogP contribution in [0.1, 0.15) is 0 Å². The Morgan fingerprint density at radius 1 is 1.03 bits per heavy atom. The van der Waals surface area contributed by atoms with E-state index < -0.39 is 17.3 Å². The molecule has 0 fully saturated rings. The van der Waals surface area contributed by atoms with Crippen molar-refractivity contribution in [3.05, 3.63) is 50.1 Å². The highest BCUT2D eigenvalue weighted by Crippen LogP contribution is 2.32. The molecular formula is C17H15ClN8O3S2. The average Bonchev–Trinajstić information content (AvgIpc) is 3.31. The molecule has 3 heterocycles. The second-order valence-electron chi connectivity index (χ2n) is 6.39. The van der Waals surface area contributed by atoms with Crippen LogP contribution < -0.4 is 21.9 Å². The number of hydrogen-bond acceptors (Lipinski definition) is 8. The number of nitrogens with zero attached hydrogens (tertiary/aromatic N) is 6. The molecule has 0 spiro atoms. The largest absolute Gasteiger partial charge is 0.332 e. The van der Waals surface area contributed by atoms with Crippen LogP contribution in [0.5, 0.6) is 0 Å². The van der Waals surface area contributed by atoms with E-state index in [1.165, 1.54) is 23.4 Å². The molecule has 0 aliphatic carbocycles. The van der Waals surface area contributed by atoms with Gasteiger partial charge in [0.2, 0.25) is 5.13 Å². The van der Waals surface area contributed by atoms with E-state index in [0.29, 0.717) is 25.7 Å². The van der Waals surface area contributed by atoms with Gasteiger partial charge in [0.1, 0.15) is 0 Å². The molecule has 3 aromatic heterocycles. The molecule has 160 valence electrons. The first-order valence-electron chi connectivity index (χ1n) is 8.72. The second kappa shape index (κ2) is 8.17. The monoisotopic (exact) mass is 478 g/mol. The van der Waals surface area contributed by atoms with Gasteiger partial charge in [0.05, 0.1) is 0 Å². The summed E-state index contributed by atoms with van der Waals surface area (Å²) < 4.78 is 4.45. The summed E-state index contributed by atoms with van der Waals surface area (Å²) in [5.74, 6) is 0. The van der Waals surface area contributed by atoms with Crippen molar-refractivity contribution in [3.8, 4) is 0 Å². The Kier molecular flexibility index (Phi) is 5.56. The molecule has 0 bridgehead atoms. The van der Waals surface area contributed by atoms with Crippen LogP contribution in [0.4, 0.5) is 15.6 Å². The zero-order valence-electron chi connectivity index (χ0n) is 16.4. The first-order valence-corrected chi connectivity index (χ1v) is 10.7. The minimum Gasteiger partial charge on any atom is -0.316 e. The van der Waals surface area contributed by atoms with E-state index in [-0.39, 0.29) is 10.8 Å². The lowest BCUT2D eigenvalue weighted by molar-refractivity contribution is 0.262. The van der Waals surface area contributed by atoms with Crippen LogP contribution in [0, 0.1) is 0 Å². The van der Waals surface area contributed by atoms with Crippen LogP contribution in [0.3, 0.4) is 0 Å². The number of amides is 2. The lowest BCUT2D eigenvalue weighted by Crippen LogP contribution is -2.37. The van der Waals surface area contributed by atoms with Gasteiger partial charge in [-0.25, -0.2) is 14.6 Å². The maximum atomic E-state index is 12.5. The SMILES string of the molecule is Cn1c(=O)c2c(nc(Sc3nnc(NC(=O)Nc4ccc(Cl)cc4)s3)n2C)n(C)c1=O. The Hall–Kier alpha value is -3.16. The Morgan fingerprint density at radius 3 is 2.45 bits per heavy atom. The van der Waals surface area contributed by atoms with Crippen molar-refractivity contribution in [2.24, 2.45) is 21.1 Å². The number of aryl methyl sites for hydroxylation is 2. The number of rotatable bonds is 4. The minimum atomic E-state index is -0.476. The Labute approximate surface area is 187 Å². The summed E-state index contributed by atoms with van der Waals surface area (Å²) in [5.41, 5.74) is 0.271. The Bertz CT molecular complexity index is 1420. The van der Waals surface area contributed by atoms with Crippen LogP contribution in [0.15, 0.2) is 43.4 Å². The van der Waals surface area contributed by atoms with E-state index in [9.17, 15) is 14.4 Å². The van der Waals surface area contributed by atoms with E-state index in [4.69, 9.17) is 11.6 Å². The fourth-order valence-corrected chi connectivity index (χ4v) is 4.59. The molecule has 2 amide bonds. The molecule has 14 heteroatoms. The maximum absolute atomic E-state index is 12.5. The third-order valence-corrected chi connectivity index (χ3v) is 6.53. The van der Waals surface area contributed by atoms with Crippen molar-refractivity contribution in [1.82, 2.24) is 28.9 Å². The number of nitrogens with one attached hydrogen (secondary N) is 2. The van der Waals surface area contributed by atoms with E-state index >= 15 is 0 Å². The van der Waals surface area contributed by atoms with Crippen LogP contribution in [-0.4, -0.2) is 34.9 Å². The molecule has 0 atom stereocenters. The molecule has 0 radical (unpaired) electrons. The van der Waals surface area contributed by atoms with Gasteiger partial charge in [-0.3, -0.25) is 19.2 Å². The van der Waals surface area contributed by atoms with E-state index in [1.807, 2.05) is 0 Å². The fraction of sp³-hybridized carbons (Fsp3) is 0.176. The summed E-state index contributed by atoms with van der Waals surface area (Å²) in [7, 11) is 4.66. The van der Waals surface area contributed by atoms with Gasteiger partial charge in [-0.15, -0.1) is 10.2 Å². The smallest absolute Gasteiger partial charge is 0.316 e. The maximum Gasteiger partial charge on any atom is 0.332 e. The van der Waals surface area contributed by atoms with Crippen molar-refractivity contribution in [1.29, 1.82) is 0 Å². The molecule has 31 heavy (non-hydrogen) atoms. The Balaban J connectivity index is 1.53. The number of carbonyl (C=O) groups excluding carboxylic acids is 1. The number of fused-ring (bicyclic) bond motifs is 1. The van der Waals surface area contributed by atoms with Gasteiger partial charge in [0.25, 0.3) is 5.56 Å². The van der Waals surface area contributed by atoms with Crippen molar-refractivity contribution < 1.29 is 4.79 Å². The number of hydrogen-bond donors (Lipinski definition) is 2. The highest BCUT2D eigenvalue weighted by atomic mass is 35.5. The van der Waals surface area contributed by atoms with Gasteiger partial charge in [-0.2, -0.15) is 0 Å². The topological polar surface area (TPSA) is 129 Å². The molecular weight excluding hydrogens is 464 g/mol. The number of anilines is 2. The molecule has 0 unspecified atom stereocenters. The highest BCUT2D eigenvalue weighted by Gasteiger charge is 2.19. The number of urea groups is 1. The summed E-state index contributed by atoms with van der Waals surface area (Å²) in [5, 5.41) is 14.6. The lowest BCUT2D eigenvalue weighted by Gasteiger charge is -2.04. The predicted molar refractivity (Wildman–Crippen MR) is 119 cm³/mol. The number of aromatic nitrogens is 6. The van der Waals surface area contributed by atoms with Crippen molar-refractivity contribution in [2.45, 2.75) is 9.50 Å². The fourth-order valence-electron chi connectivity index (χ4n) is 2.76. The first kappa shape index (κ1) is 21.1. The van der Waals surface area contributed by atoms with Gasteiger partial charge in [0, 0.05) is 31.9 Å². The highest BCUT2D eigenvalue weighted by molar-refractivity contribution is 8.01. The quantitative estimate of drug-likeness (QED) is 0.430. The number of imidazole rings is 1. The van der Waals surface area contributed by atoms with Gasteiger partial charge < -0.3 is 9.88 Å². The van der Waals surface area contributed by atoms with E-state index in [0.717, 1.165) is 15.9 Å². The van der Waals surface area contributed by atoms with Crippen molar-refractivity contribution in [2.75, 3.05) is 10.6 Å². The van der Waals surface area contributed by atoms with Gasteiger partial charge in [0.15, 0.2) is 20.7 Å². The minimum absolute atomic E-state index is 0.281. The molecule has 2 N–H and O–H groups in total. The Morgan fingerprint density at radius 2 is 1.74 bits per heavy atom. The average molecular weight is 479 g/mol. The number of benzene rings is 1. The lowest BCUT2D eigenvalue weighted by atomic mass is 10.3. The summed E-state index contributed by atoms with van der Waals surface area (Å²) in [6, 6.07) is 6.20. The summed E-state index contributed by atoms with van der Waals surface area (Å²) in [6.07, 6.45) is 0. The molecule has 0 saturated heterocycles. The van der Waals surface area contributed by atoms with Crippen LogP contribution in [0.2, 0.25) is 5.02 Å². The second-order valence-corrected chi connectivity index (χ2v) is 9.02. The molecule has 11 nitrogen and oxygen atoms in total. The first-order chi connectivity index (χ1) is 14.7. The third kappa shape index (κ3) is 4.06. The molecule has 4 aromatic rings. The number of carbonyl (C=O) groups is 1. The van der Waals surface area contributed by atoms with Crippen LogP contribution in [0.25, 0.3) is 11.2 Å². The summed E-state index contributed by atoms with van der Waals surface area (Å²) in [4.78, 5) is 41.1. The van der Waals surface area contributed by atoms with Crippen LogP contribution >= 0.6 is 34.7 Å². The summed E-state index contributed by atoms with van der Waals surface area (Å²) >= 11 is 8.14. The zero-order chi connectivity index (χ0) is 22.3. The molecule has 0 aliphatic heterocycles. The molecule has 0 aliphatic rings. The third-order valence-electron chi connectivity index (χ3n) is 4.34. The van der Waals surface area contributed by atoms with E-state index in [2.05, 4.69) is 25.8 Å². The molecule has 0 saturated carbocycles. The van der Waals surface area contributed by atoms with Gasteiger partial charge >= 0.3 is 11.7 Å².